The van der Waals surface area contributed by atoms with Crippen LogP contribution in [-0.2, 0) is 17.9 Å². The second-order valence-corrected chi connectivity index (χ2v) is 8.40. The van der Waals surface area contributed by atoms with Crippen molar-refractivity contribution in [1.29, 1.82) is 0 Å². The van der Waals surface area contributed by atoms with E-state index in [1.165, 1.54) is 18.4 Å². The van der Waals surface area contributed by atoms with Crippen LogP contribution in [0.25, 0.3) is 0 Å². The summed E-state index contributed by atoms with van der Waals surface area (Å²) in [7, 11) is 0. The molecule has 2 aliphatic heterocycles. The fraction of sp³-hybridized carbons (Fsp3) is 0.500. The smallest absolute Gasteiger partial charge is 0.224 e. The molecule has 0 bridgehead atoms. The van der Waals surface area contributed by atoms with Crippen molar-refractivity contribution in [1.82, 2.24) is 20.1 Å². The molecule has 1 N–H and O–H groups in total. The maximum Gasteiger partial charge on any atom is 0.224 e. The minimum atomic E-state index is 0.118. The first kappa shape index (κ1) is 20.0. The van der Waals surface area contributed by atoms with Gasteiger partial charge in [-0.3, -0.25) is 19.6 Å². The molecule has 0 spiro atoms. The molecule has 5 nitrogen and oxygen atoms in total. The molecular weight excluding hydrogens is 360 g/mol. The zero-order valence-corrected chi connectivity index (χ0v) is 17.2. The van der Waals surface area contributed by atoms with Crippen LogP contribution in [0.5, 0.6) is 0 Å². The Bertz CT molecular complexity index is 759. The molecule has 5 heteroatoms. The maximum absolute atomic E-state index is 12.7. The van der Waals surface area contributed by atoms with E-state index in [4.69, 9.17) is 0 Å². The van der Waals surface area contributed by atoms with Crippen LogP contribution in [0.4, 0.5) is 0 Å². The number of aromatic nitrogens is 1. The monoisotopic (exact) mass is 392 g/mol. The Morgan fingerprint density at radius 2 is 1.72 bits per heavy atom. The third-order valence-electron chi connectivity index (χ3n) is 6.36. The van der Waals surface area contributed by atoms with Crippen molar-refractivity contribution in [3.05, 3.63) is 66.0 Å². The highest BCUT2D eigenvalue weighted by Gasteiger charge is 2.31. The molecule has 2 saturated heterocycles. The van der Waals surface area contributed by atoms with Gasteiger partial charge in [0, 0.05) is 38.1 Å². The van der Waals surface area contributed by atoms with E-state index in [1.807, 2.05) is 12.1 Å². The lowest BCUT2D eigenvalue weighted by Gasteiger charge is -2.42. The first-order chi connectivity index (χ1) is 14.3. The molecule has 29 heavy (non-hydrogen) atoms. The van der Waals surface area contributed by atoms with E-state index in [9.17, 15) is 4.79 Å². The molecule has 4 rings (SSSR count). The van der Waals surface area contributed by atoms with Gasteiger partial charge in [0.25, 0.3) is 0 Å². The van der Waals surface area contributed by atoms with Gasteiger partial charge in [0.15, 0.2) is 0 Å². The van der Waals surface area contributed by atoms with Crippen molar-refractivity contribution < 1.29 is 4.79 Å². The zero-order valence-electron chi connectivity index (χ0n) is 17.2. The third-order valence-corrected chi connectivity index (χ3v) is 6.36. The van der Waals surface area contributed by atoms with Crippen molar-refractivity contribution in [2.75, 3.05) is 26.2 Å². The van der Waals surface area contributed by atoms with Gasteiger partial charge < -0.3 is 5.32 Å². The van der Waals surface area contributed by atoms with Crippen molar-refractivity contribution in [3.8, 4) is 0 Å². The number of nitrogens with one attached hydrogen (secondary N) is 1. The predicted molar refractivity (Wildman–Crippen MR) is 115 cm³/mol. The van der Waals surface area contributed by atoms with Gasteiger partial charge in [0.2, 0.25) is 5.91 Å². The topological polar surface area (TPSA) is 48.5 Å². The molecule has 1 atom stereocenters. The number of benzene rings is 1. The van der Waals surface area contributed by atoms with E-state index < -0.39 is 0 Å². The number of hydrogen-bond donors (Lipinski definition) is 1. The summed E-state index contributed by atoms with van der Waals surface area (Å²) in [4.78, 5) is 21.9. The molecule has 1 amide bonds. The highest BCUT2D eigenvalue weighted by atomic mass is 16.1. The van der Waals surface area contributed by atoms with Crippen molar-refractivity contribution >= 4 is 5.91 Å². The summed E-state index contributed by atoms with van der Waals surface area (Å²) in [5.41, 5.74) is 2.50. The van der Waals surface area contributed by atoms with E-state index in [0.29, 0.717) is 12.6 Å². The summed E-state index contributed by atoms with van der Waals surface area (Å²) in [6, 6.07) is 15.3. The summed E-state index contributed by atoms with van der Waals surface area (Å²) >= 11 is 0. The van der Waals surface area contributed by atoms with Crippen molar-refractivity contribution in [2.24, 2.45) is 5.92 Å². The number of carbonyl (C=O) groups excluding carboxylic acids is 1. The minimum Gasteiger partial charge on any atom is -0.352 e. The largest absolute Gasteiger partial charge is 0.352 e. The molecule has 1 aromatic carbocycles. The maximum atomic E-state index is 12.7. The molecule has 154 valence electrons. The summed E-state index contributed by atoms with van der Waals surface area (Å²) < 4.78 is 0. The molecule has 0 saturated carbocycles. The molecule has 0 unspecified atom stereocenters. The average molecular weight is 393 g/mol. The third kappa shape index (κ3) is 5.64. The van der Waals surface area contributed by atoms with Crippen molar-refractivity contribution in [2.45, 2.75) is 44.8 Å². The number of rotatable bonds is 6. The van der Waals surface area contributed by atoms with Gasteiger partial charge in [0.05, 0.1) is 5.92 Å². The number of likely N-dealkylation sites (tertiary alicyclic amines) is 2. The molecule has 0 radical (unpaired) electrons. The minimum absolute atomic E-state index is 0.118. The summed E-state index contributed by atoms with van der Waals surface area (Å²) in [5, 5.41) is 3.12. The Morgan fingerprint density at radius 1 is 0.966 bits per heavy atom. The number of piperidine rings is 2. The Kier molecular flexibility index (Phi) is 6.91. The van der Waals surface area contributed by atoms with E-state index in [-0.39, 0.29) is 11.8 Å². The lowest BCUT2D eigenvalue weighted by molar-refractivity contribution is -0.127. The van der Waals surface area contributed by atoms with Gasteiger partial charge in [-0.05, 0) is 68.6 Å². The van der Waals surface area contributed by atoms with Crippen LogP contribution in [0.2, 0.25) is 0 Å². The molecule has 0 aliphatic carbocycles. The van der Waals surface area contributed by atoms with Crippen molar-refractivity contribution in [3.63, 3.8) is 0 Å². The Hall–Kier alpha value is -2.24. The van der Waals surface area contributed by atoms with E-state index in [1.54, 1.807) is 12.4 Å². The lowest BCUT2D eigenvalue weighted by Crippen LogP contribution is -2.50. The SMILES string of the molecule is O=C(NCc1ccncc1)[C@H]1CCCN(C2CCN(Cc3ccccc3)CC2)C1. The van der Waals surface area contributed by atoms with Gasteiger partial charge in [-0.25, -0.2) is 0 Å². The quantitative estimate of drug-likeness (QED) is 0.821. The Morgan fingerprint density at radius 3 is 2.48 bits per heavy atom. The first-order valence-corrected chi connectivity index (χ1v) is 10.9. The van der Waals surface area contributed by atoms with E-state index >= 15 is 0 Å². The lowest BCUT2D eigenvalue weighted by atomic mass is 9.93. The number of hydrogen-bond acceptors (Lipinski definition) is 4. The normalized spacial score (nSPS) is 21.7. The second-order valence-electron chi connectivity index (χ2n) is 8.40. The second kappa shape index (κ2) is 9.99. The highest BCUT2D eigenvalue weighted by molar-refractivity contribution is 5.78. The number of nitrogens with zero attached hydrogens (tertiary/aromatic N) is 3. The standard InChI is InChI=1S/C24H32N4O/c29-24(26-17-20-8-12-25-13-9-20)22-7-4-14-28(19-22)23-10-15-27(16-11-23)18-21-5-2-1-3-6-21/h1-3,5-6,8-9,12-13,22-23H,4,7,10-11,14-19H2,(H,26,29)/t22-/m0/s1. The molecule has 2 aliphatic rings. The van der Waals surface area contributed by atoms with Crippen LogP contribution in [0.3, 0.4) is 0 Å². The van der Waals surface area contributed by atoms with Crippen LogP contribution in [0, 0.1) is 5.92 Å². The number of carbonyl (C=O) groups is 1. The number of amides is 1. The average Bonchev–Trinajstić information content (AvgIpc) is 2.79. The van der Waals surface area contributed by atoms with Crippen LogP contribution >= 0.6 is 0 Å². The van der Waals surface area contributed by atoms with Crippen LogP contribution in [-0.4, -0.2) is 52.9 Å². The van der Waals surface area contributed by atoms with Gasteiger partial charge in [-0.15, -0.1) is 0 Å². The highest BCUT2D eigenvalue weighted by Crippen LogP contribution is 2.24. The van der Waals surface area contributed by atoms with Gasteiger partial charge in [-0.2, -0.15) is 0 Å². The van der Waals surface area contributed by atoms with Crippen LogP contribution < -0.4 is 5.32 Å². The molecular formula is C24H32N4O. The molecule has 2 aromatic rings. The molecule has 1 aromatic heterocycles. The predicted octanol–water partition coefficient (Wildman–Crippen LogP) is 3.07. The zero-order chi connectivity index (χ0) is 19.9. The number of pyridine rings is 1. The summed E-state index contributed by atoms with van der Waals surface area (Å²) in [6.45, 7) is 5.98. The Labute approximate surface area is 174 Å². The van der Waals surface area contributed by atoms with Gasteiger partial charge in [-0.1, -0.05) is 30.3 Å². The molecule has 2 fully saturated rings. The fourth-order valence-electron chi connectivity index (χ4n) is 4.67. The first-order valence-electron chi connectivity index (χ1n) is 10.9. The van der Waals surface area contributed by atoms with E-state index in [2.05, 4.69) is 50.4 Å². The van der Waals surface area contributed by atoms with Gasteiger partial charge >= 0.3 is 0 Å². The van der Waals surface area contributed by atoms with E-state index in [0.717, 1.165) is 51.1 Å². The summed E-state index contributed by atoms with van der Waals surface area (Å²) in [6.07, 6.45) is 8.08. The Balaban J connectivity index is 1.23. The van der Waals surface area contributed by atoms with Gasteiger partial charge in [0.1, 0.15) is 0 Å². The summed E-state index contributed by atoms with van der Waals surface area (Å²) in [5.74, 6) is 0.320. The van der Waals surface area contributed by atoms with Crippen LogP contribution in [0.1, 0.15) is 36.8 Å². The fourth-order valence-corrected chi connectivity index (χ4v) is 4.67. The van der Waals surface area contributed by atoms with Crippen LogP contribution in [0.15, 0.2) is 54.9 Å². The molecule has 3 heterocycles.